The molecule has 1 amide bonds. The summed E-state index contributed by atoms with van der Waals surface area (Å²) in [6, 6.07) is 12.9. The molecule has 3 rings (SSSR count). The van der Waals surface area contributed by atoms with Crippen LogP contribution in [0, 0.1) is 5.82 Å². The minimum Gasteiger partial charge on any atom is -0.411 e. The van der Waals surface area contributed by atoms with E-state index < -0.39 is 0 Å². The van der Waals surface area contributed by atoms with Crippen LogP contribution in [0.5, 0.6) is 0 Å². The van der Waals surface area contributed by atoms with Gasteiger partial charge in [-0.2, -0.15) is 0 Å². The van der Waals surface area contributed by atoms with Gasteiger partial charge in [-0.05, 0) is 48.9 Å². The van der Waals surface area contributed by atoms with Crippen molar-refractivity contribution in [1.29, 1.82) is 0 Å². The number of halogens is 2. The standard InChI is InChI=1S/C18H15ClFN3O2S/c1-11(12-2-6-14(19)7-3-12)21-16(24)10-26-18-23-22-17(25-18)13-4-8-15(20)9-5-13/h2-9,11H,10H2,1H3,(H,21,24). The molecule has 0 radical (unpaired) electrons. The molecule has 1 aromatic heterocycles. The van der Waals surface area contributed by atoms with Crippen LogP contribution in [0.1, 0.15) is 18.5 Å². The number of rotatable bonds is 6. The molecule has 0 aliphatic heterocycles. The molecule has 1 atom stereocenters. The van der Waals surface area contributed by atoms with Gasteiger partial charge in [0, 0.05) is 10.6 Å². The second-order valence-corrected chi connectivity index (χ2v) is 6.87. The molecule has 1 N–H and O–H groups in total. The van der Waals surface area contributed by atoms with E-state index in [4.69, 9.17) is 16.0 Å². The molecule has 134 valence electrons. The van der Waals surface area contributed by atoms with Crippen LogP contribution in [0.3, 0.4) is 0 Å². The van der Waals surface area contributed by atoms with Crippen molar-refractivity contribution in [1.82, 2.24) is 15.5 Å². The van der Waals surface area contributed by atoms with E-state index in [1.54, 1.807) is 24.3 Å². The SMILES string of the molecule is CC(NC(=O)CSc1nnc(-c2ccc(F)cc2)o1)c1ccc(Cl)cc1. The van der Waals surface area contributed by atoms with Gasteiger partial charge in [0.15, 0.2) is 0 Å². The average molecular weight is 392 g/mol. The Morgan fingerprint density at radius 1 is 1.19 bits per heavy atom. The van der Waals surface area contributed by atoms with Crippen molar-refractivity contribution in [2.24, 2.45) is 0 Å². The Kier molecular flexibility index (Phi) is 5.90. The zero-order chi connectivity index (χ0) is 18.5. The van der Waals surface area contributed by atoms with Crippen LogP contribution >= 0.6 is 23.4 Å². The molecule has 0 spiro atoms. The number of amides is 1. The van der Waals surface area contributed by atoms with Gasteiger partial charge < -0.3 is 9.73 Å². The Morgan fingerprint density at radius 2 is 1.88 bits per heavy atom. The third kappa shape index (κ3) is 4.83. The van der Waals surface area contributed by atoms with Gasteiger partial charge in [0.2, 0.25) is 11.8 Å². The average Bonchev–Trinajstić information content (AvgIpc) is 3.10. The second kappa shape index (κ2) is 8.33. The van der Waals surface area contributed by atoms with E-state index in [2.05, 4.69) is 15.5 Å². The summed E-state index contributed by atoms with van der Waals surface area (Å²) in [7, 11) is 0. The first-order valence-corrected chi connectivity index (χ1v) is 9.14. The van der Waals surface area contributed by atoms with Crippen molar-refractivity contribution in [2.75, 3.05) is 5.75 Å². The molecular weight excluding hydrogens is 377 g/mol. The largest absolute Gasteiger partial charge is 0.411 e. The van der Waals surface area contributed by atoms with Crippen LogP contribution < -0.4 is 5.32 Å². The summed E-state index contributed by atoms with van der Waals surface area (Å²) in [4.78, 5) is 12.1. The highest BCUT2D eigenvalue weighted by Gasteiger charge is 2.13. The zero-order valence-corrected chi connectivity index (χ0v) is 15.4. The summed E-state index contributed by atoms with van der Waals surface area (Å²) in [6.45, 7) is 1.89. The molecule has 0 saturated carbocycles. The lowest BCUT2D eigenvalue weighted by molar-refractivity contribution is -0.119. The predicted molar refractivity (Wildman–Crippen MR) is 98.4 cm³/mol. The maximum absolute atomic E-state index is 12.9. The van der Waals surface area contributed by atoms with E-state index in [9.17, 15) is 9.18 Å². The normalized spacial score (nSPS) is 12.0. The monoisotopic (exact) mass is 391 g/mol. The molecule has 0 aliphatic carbocycles. The number of aromatic nitrogens is 2. The fourth-order valence-corrected chi connectivity index (χ4v) is 2.92. The number of carbonyl (C=O) groups excluding carboxylic acids is 1. The van der Waals surface area contributed by atoms with E-state index in [1.807, 2.05) is 19.1 Å². The van der Waals surface area contributed by atoms with Crippen molar-refractivity contribution in [2.45, 2.75) is 18.2 Å². The van der Waals surface area contributed by atoms with Gasteiger partial charge in [-0.15, -0.1) is 10.2 Å². The van der Waals surface area contributed by atoms with Gasteiger partial charge >= 0.3 is 0 Å². The molecule has 0 bridgehead atoms. The lowest BCUT2D eigenvalue weighted by Gasteiger charge is -2.13. The smallest absolute Gasteiger partial charge is 0.277 e. The topological polar surface area (TPSA) is 68.0 Å². The molecule has 2 aromatic carbocycles. The molecule has 26 heavy (non-hydrogen) atoms. The van der Waals surface area contributed by atoms with Gasteiger partial charge in [0.25, 0.3) is 5.22 Å². The summed E-state index contributed by atoms with van der Waals surface area (Å²) < 4.78 is 18.4. The van der Waals surface area contributed by atoms with Crippen molar-refractivity contribution in [3.8, 4) is 11.5 Å². The van der Waals surface area contributed by atoms with Gasteiger partial charge in [-0.3, -0.25) is 4.79 Å². The van der Waals surface area contributed by atoms with E-state index in [0.717, 1.165) is 17.3 Å². The number of benzene rings is 2. The summed E-state index contributed by atoms with van der Waals surface area (Å²) in [5.74, 6) is -0.0704. The third-order valence-corrected chi connectivity index (χ3v) is 4.64. The van der Waals surface area contributed by atoms with Gasteiger partial charge in [-0.1, -0.05) is 35.5 Å². The first-order valence-electron chi connectivity index (χ1n) is 7.78. The highest BCUT2D eigenvalue weighted by atomic mass is 35.5. The summed E-state index contributed by atoms with van der Waals surface area (Å²) in [5.41, 5.74) is 1.58. The van der Waals surface area contributed by atoms with Crippen LogP contribution in [0.15, 0.2) is 58.2 Å². The molecule has 0 saturated heterocycles. The summed E-state index contributed by atoms with van der Waals surface area (Å²) in [5, 5.41) is 11.6. The number of hydrogen-bond donors (Lipinski definition) is 1. The number of nitrogens with one attached hydrogen (secondary N) is 1. The number of nitrogens with zero attached hydrogens (tertiary/aromatic N) is 2. The molecule has 0 aliphatic rings. The Labute approximate surface area is 159 Å². The summed E-state index contributed by atoms with van der Waals surface area (Å²) in [6.07, 6.45) is 0. The van der Waals surface area contributed by atoms with Crippen LogP contribution in [0.4, 0.5) is 4.39 Å². The van der Waals surface area contributed by atoms with Crippen molar-refractivity contribution in [3.05, 3.63) is 64.9 Å². The number of thioether (sulfide) groups is 1. The minimum absolute atomic E-state index is 0.141. The Balaban J connectivity index is 1.53. The quantitative estimate of drug-likeness (QED) is 0.626. The third-order valence-electron chi connectivity index (χ3n) is 3.57. The maximum atomic E-state index is 12.9. The molecule has 5 nitrogen and oxygen atoms in total. The van der Waals surface area contributed by atoms with E-state index in [-0.39, 0.29) is 34.6 Å². The van der Waals surface area contributed by atoms with Crippen LogP contribution in [0.25, 0.3) is 11.5 Å². The van der Waals surface area contributed by atoms with E-state index in [0.29, 0.717) is 10.6 Å². The molecule has 1 heterocycles. The Morgan fingerprint density at radius 3 is 2.58 bits per heavy atom. The van der Waals surface area contributed by atoms with E-state index in [1.165, 1.54) is 12.1 Å². The number of carbonyl (C=O) groups is 1. The molecule has 8 heteroatoms. The van der Waals surface area contributed by atoms with Crippen molar-refractivity contribution >= 4 is 29.3 Å². The summed E-state index contributed by atoms with van der Waals surface area (Å²) >= 11 is 7.00. The predicted octanol–water partition coefficient (Wildman–Crippen LogP) is 4.50. The zero-order valence-electron chi connectivity index (χ0n) is 13.8. The first kappa shape index (κ1) is 18.4. The lowest BCUT2D eigenvalue weighted by atomic mass is 10.1. The minimum atomic E-state index is -0.339. The van der Waals surface area contributed by atoms with Gasteiger partial charge in [-0.25, -0.2) is 4.39 Å². The highest BCUT2D eigenvalue weighted by molar-refractivity contribution is 7.99. The van der Waals surface area contributed by atoms with Crippen molar-refractivity contribution < 1.29 is 13.6 Å². The number of hydrogen-bond acceptors (Lipinski definition) is 5. The van der Waals surface area contributed by atoms with Crippen LogP contribution in [0.2, 0.25) is 5.02 Å². The second-order valence-electron chi connectivity index (χ2n) is 5.51. The van der Waals surface area contributed by atoms with Crippen molar-refractivity contribution in [3.63, 3.8) is 0 Å². The van der Waals surface area contributed by atoms with Gasteiger partial charge in [0.1, 0.15) is 5.82 Å². The van der Waals surface area contributed by atoms with Crippen LogP contribution in [-0.4, -0.2) is 21.9 Å². The van der Waals surface area contributed by atoms with E-state index >= 15 is 0 Å². The Bertz CT molecular complexity index is 884. The fourth-order valence-electron chi connectivity index (χ4n) is 2.22. The molecule has 3 aromatic rings. The highest BCUT2D eigenvalue weighted by Crippen LogP contribution is 2.23. The fraction of sp³-hybridized carbons (Fsp3) is 0.167. The van der Waals surface area contributed by atoms with Crippen LogP contribution in [-0.2, 0) is 4.79 Å². The first-order chi connectivity index (χ1) is 12.5. The lowest BCUT2D eigenvalue weighted by Crippen LogP contribution is -2.28. The molecular formula is C18H15ClFN3O2S. The molecule has 1 unspecified atom stereocenters. The molecule has 0 fully saturated rings. The maximum Gasteiger partial charge on any atom is 0.277 e. The van der Waals surface area contributed by atoms with Gasteiger partial charge in [0.05, 0.1) is 11.8 Å². The Hall–Kier alpha value is -2.38.